The van der Waals surface area contributed by atoms with Crippen LogP contribution in [0.5, 0.6) is 5.75 Å². The first kappa shape index (κ1) is 16.2. The smallest absolute Gasteiger partial charge is 0.252 e. The van der Waals surface area contributed by atoms with Gasteiger partial charge in [-0.1, -0.05) is 18.3 Å². The molecule has 2 rings (SSSR count). The van der Waals surface area contributed by atoms with Crippen molar-refractivity contribution in [2.45, 2.75) is 20.0 Å². The van der Waals surface area contributed by atoms with E-state index in [4.69, 9.17) is 17.0 Å². The van der Waals surface area contributed by atoms with E-state index in [0.29, 0.717) is 11.4 Å². The Kier molecular flexibility index (Phi) is 4.97. The number of rotatable bonds is 4. The van der Waals surface area contributed by atoms with Crippen LogP contribution >= 0.6 is 12.2 Å². The van der Waals surface area contributed by atoms with Gasteiger partial charge in [-0.25, -0.2) is 4.39 Å². The van der Waals surface area contributed by atoms with Crippen LogP contribution in [0.2, 0.25) is 0 Å². The summed E-state index contributed by atoms with van der Waals surface area (Å²) in [6.07, 6.45) is -0.0111. The Morgan fingerprint density at radius 1 is 1.23 bits per heavy atom. The van der Waals surface area contributed by atoms with Gasteiger partial charge in [0.15, 0.2) is 5.82 Å². The number of hydrogen-bond acceptors (Lipinski definition) is 3. The zero-order valence-electron chi connectivity index (χ0n) is 11.9. The van der Waals surface area contributed by atoms with Crippen molar-refractivity contribution in [1.82, 2.24) is 4.98 Å². The molecule has 22 heavy (non-hydrogen) atoms. The van der Waals surface area contributed by atoms with Gasteiger partial charge in [-0.05, 0) is 26.0 Å². The van der Waals surface area contributed by atoms with Crippen LogP contribution in [0.15, 0.2) is 30.3 Å². The highest BCUT2D eigenvalue weighted by Gasteiger charge is 2.16. The number of halogens is 3. The quantitative estimate of drug-likeness (QED) is 0.678. The fourth-order valence-corrected chi connectivity index (χ4v) is 2.02. The van der Waals surface area contributed by atoms with Gasteiger partial charge < -0.3 is 10.1 Å². The minimum atomic E-state index is -1.53. The average molecular weight is 326 g/mol. The molecule has 0 saturated heterocycles. The number of ether oxygens (including phenoxy) is 1. The van der Waals surface area contributed by atoms with Crippen molar-refractivity contribution in [3.05, 3.63) is 53.6 Å². The zero-order chi connectivity index (χ0) is 16.3. The lowest BCUT2D eigenvalue weighted by Gasteiger charge is -2.13. The van der Waals surface area contributed by atoms with Gasteiger partial charge in [-0.3, -0.25) is 0 Å². The van der Waals surface area contributed by atoms with E-state index in [2.05, 4.69) is 10.3 Å². The van der Waals surface area contributed by atoms with Crippen molar-refractivity contribution in [3.63, 3.8) is 0 Å². The summed E-state index contributed by atoms with van der Waals surface area (Å²) in [6, 6.07) is 7.53. The molecule has 0 aliphatic rings. The molecule has 0 fully saturated rings. The second kappa shape index (κ2) is 6.74. The lowest BCUT2D eigenvalue weighted by atomic mass is 10.2. The van der Waals surface area contributed by atoms with Gasteiger partial charge in [0.2, 0.25) is 5.95 Å². The first-order valence-electron chi connectivity index (χ1n) is 6.46. The van der Waals surface area contributed by atoms with Crippen molar-refractivity contribution in [2.75, 3.05) is 5.32 Å². The number of aromatic nitrogens is 1. The maximum Gasteiger partial charge on any atom is 0.252 e. The van der Waals surface area contributed by atoms with Gasteiger partial charge in [-0.15, -0.1) is 0 Å². The Morgan fingerprint density at radius 2 is 1.95 bits per heavy atom. The molecule has 1 heterocycles. The molecule has 1 aromatic carbocycles. The third-order valence-corrected chi connectivity index (χ3v) is 2.92. The molecule has 7 heteroatoms. The maximum absolute atomic E-state index is 13.6. The average Bonchev–Trinajstić information content (AvgIpc) is 2.42. The Balaban J connectivity index is 2.22. The number of pyridine rings is 1. The van der Waals surface area contributed by atoms with Gasteiger partial charge in [0.05, 0.1) is 11.7 Å². The molecular weight excluding hydrogens is 313 g/mol. The summed E-state index contributed by atoms with van der Waals surface area (Å²) in [4.78, 5) is 2.60. The second-order valence-electron chi connectivity index (χ2n) is 4.75. The highest BCUT2D eigenvalue weighted by molar-refractivity contribution is 7.81. The van der Waals surface area contributed by atoms with Gasteiger partial charge in [0.25, 0.3) is 5.95 Å². The topological polar surface area (TPSA) is 34.1 Å². The predicted molar refractivity (Wildman–Crippen MR) is 81.6 cm³/mol. The van der Waals surface area contributed by atoms with E-state index in [1.165, 1.54) is 0 Å². The second-order valence-corrected chi connectivity index (χ2v) is 5.15. The highest BCUT2D eigenvalue weighted by Crippen LogP contribution is 2.20. The number of anilines is 1. The molecule has 3 nitrogen and oxygen atoms in total. The normalized spacial score (nSPS) is 10.6. The number of nitrogens with one attached hydrogen (secondary N) is 1. The Hall–Kier alpha value is -2.15. The van der Waals surface area contributed by atoms with Crippen LogP contribution in [0.3, 0.4) is 0 Å². The van der Waals surface area contributed by atoms with Crippen molar-refractivity contribution >= 4 is 22.9 Å². The SMILES string of the molecule is CC(C)Oc1cccc(NC(=S)c2cc(F)nc(F)c2F)c1. The lowest BCUT2D eigenvalue weighted by molar-refractivity contribution is 0.242. The van der Waals surface area contributed by atoms with Gasteiger partial charge in [-0.2, -0.15) is 13.8 Å². The van der Waals surface area contributed by atoms with E-state index in [0.717, 1.165) is 6.07 Å². The van der Waals surface area contributed by atoms with Crippen LogP contribution in [-0.2, 0) is 0 Å². The molecule has 0 radical (unpaired) electrons. The number of benzene rings is 1. The molecule has 0 bridgehead atoms. The summed E-state index contributed by atoms with van der Waals surface area (Å²) < 4.78 is 45.3. The molecule has 0 unspecified atom stereocenters. The molecule has 0 saturated carbocycles. The molecule has 116 valence electrons. The molecule has 0 atom stereocenters. The van der Waals surface area contributed by atoms with Gasteiger partial charge in [0, 0.05) is 17.8 Å². The summed E-state index contributed by atoms with van der Waals surface area (Å²) in [5, 5.41) is 2.72. The standard InChI is InChI=1S/C15H13F3N2OS/c1-8(2)21-10-5-3-4-9(6-10)19-15(22)11-7-12(16)20-14(18)13(11)17/h3-8H,1-2H3,(H,19,22). The molecular formula is C15H13F3N2OS. The Morgan fingerprint density at radius 3 is 2.64 bits per heavy atom. The number of nitrogens with zero attached hydrogens (tertiary/aromatic N) is 1. The van der Waals surface area contributed by atoms with Crippen LogP contribution in [-0.4, -0.2) is 16.1 Å². The lowest BCUT2D eigenvalue weighted by Crippen LogP contribution is -2.15. The van der Waals surface area contributed by atoms with E-state index in [-0.39, 0.29) is 11.1 Å². The van der Waals surface area contributed by atoms with Gasteiger partial charge in [0.1, 0.15) is 10.7 Å². The summed E-state index contributed by atoms with van der Waals surface area (Å²) in [5.41, 5.74) is 0.121. The largest absolute Gasteiger partial charge is 0.491 e. The Bertz CT molecular complexity index is 707. The van der Waals surface area contributed by atoms with E-state index in [1.54, 1.807) is 24.3 Å². The third-order valence-electron chi connectivity index (χ3n) is 2.59. The molecule has 0 aliphatic heterocycles. The number of thiocarbonyl (C=S) groups is 1. The van der Waals surface area contributed by atoms with Crippen LogP contribution in [0.1, 0.15) is 19.4 Å². The van der Waals surface area contributed by atoms with Crippen molar-refractivity contribution in [2.24, 2.45) is 0 Å². The summed E-state index contributed by atoms with van der Waals surface area (Å²) >= 11 is 4.99. The summed E-state index contributed by atoms with van der Waals surface area (Å²) in [6.45, 7) is 3.76. The fourth-order valence-electron chi connectivity index (χ4n) is 1.75. The van der Waals surface area contributed by atoms with E-state index in [1.807, 2.05) is 13.8 Å². The zero-order valence-corrected chi connectivity index (χ0v) is 12.7. The van der Waals surface area contributed by atoms with Crippen LogP contribution < -0.4 is 10.1 Å². The maximum atomic E-state index is 13.6. The van der Waals surface area contributed by atoms with Crippen LogP contribution in [0.4, 0.5) is 18.9 Å². The Labute approximate surface area is 131 Å². The van der Waals surface area contributed by atoms with Crippen LogP contribution in [0, 0.1) is 17.7 Å². The van der Waals surface area contributed by atoms with Crippen LogP contribution in [0.25, 0.3) is 0 Å². The molecule has 0 aliphatic carbocycles. The highest BCUT2D eigenvalue weighted by atomic mass is 32.1. The molecule has 0 spiro atoms. The van der Waals surface area contributed by atoms with Gasteiger partial charge >= 0.3 is 0 Å². The van der Waals surface area contributed by atoms with E-state index in [9.17, 15) is 13.2 Å². The predicted octanol–water partition coefficient (Wildman–Crippen LogP) is 4.07. The third kappa shape index (κ3) is 3.94. The summed E-state index contributed by atoms with van der Waals surface area (Å²) in [5.74, 6) is -3.38. The van der Waals surface area contributed by atoms with Crippen molar-refractivity contribution in [3.8, 4) is 5.75 Å². The monoisotopic (exact) mass is 326 g/mol. The summed E-state index contributed by atoms with van der Waals surface area (Å²) in [7, 11) is 0. The number of hydrogen-bond donors (Lipinski definition) is 1. The van der Waals surface area contributed by atoms with E-state index >= 15 is 0 Å². The minimum absolute atomic E-state index is 0.0111. The first-order chi connectivity index (χ1) is 10.4. The van der Waals surface area contributed by atoms with Crippen molar-refractivity contribution in [1.29, 1.82) is 0 Å². The first-order valence-corrected chi connectivity index (χ1v) is 6.87. The van der Waals surface area contributed by atoms with E-state index < -0.39 is 23.3 Å². The van der Waals surface area contributed by atoms with Crippen molar-refractivity contribution < 1.29 is 17.9 Å². The molecule has 2 aromatic rings. The molecule has 1 N–H and O–H groups in total. The molecule has 1 aromatic heterocycles. The minimum Gasteiger partial charge on any atom is -0.491 e. The molecule has 0 amide bonds. The fraction of sp³-hybridized carbons (Fsp3) is 0.200.